The van der Waals surface area contributed by atoms with Crippen LogP contribution in [0.3, 0.4) is 0 Å². The van der Waals surface area contributed by atoms with Crippen molar-refractivity contribution in [2.75, 3.05) is 6.61 Å². The minimum atomic E-state index is 0.113. The second-order valence-corrected chi connectivity index (χ2v) is 4.96. The number of hydrogen-bond donors (Lipinski definition) is 0. The Morgan fingerprint density at radius 2 is 2.50 bits per heavy atom. The van der Waals surface area contributed by atoms with Gasteiger partial charge >= 0.3 is 0 Å². The zero-order valence-corrected chi connectivity index (χ0v) is 10.3. The van der Waals surface area contributed by atoms with Crippen LogP contribution in [-0.4, -0.2) is 6.61 Å². The van der Waals surface area contributed by atoms with Gasteiger partial charge in [-0.3, -0.25) is 0 Å². The highest BCUT2D eigenvalue weighted by molar-refractivity contribution is 9.11. The summed E-state index contributed by atoms with van der Waals surface area (Å²) in [6, 6.07) is 4.11. The van der Waals surface area contributed by atoms with E-state index in [1.54, 1.807) is 11.3 Å². The largest absolute Gasteiger partial charge is 0.367 e. The zero-order chi connectivity index (χ0) is 10.4. The number of hydrogen-bond acceptors (Lipinski definition) is 2. The average molecular weight is 273 g/mol. The zero-order valence-electron chi connectivity index (χ0n) is 7.91. The van der Waals surface area contributed by atoms with Crippen LogP contribution in [0.5, 0.6) is 0 Å². The van der Waals surface area contributed by atoms with Gasteiger partial charge in [-0.2, -0.15) is 0 Å². The fraction of sp³-hybridized carbons (Fsp3) is 0.273. The van der Waals surface area contributed by atoms with Gasteiger partial charge in [0.05, 0.1) is 12.7 Å². The van der Waals surface area contributed by atoms with E-state index in [0.29, 0.717) is 6.61 Å². The topological polar surface area (TPSA) is 9.23 Å². The van der Waals surface area contributed by atoms with E-state index in [2.05, 4.69) is 40.5 Å². The molecule has 0 bridgehead atoms. The first kappa shape index (κ1) is 11.7. The van der Waals surface area contributed by atoms with Crippen molar-refractivity contribution < 1.29 is 4.74 Å². The lowest BCUT2D eigenvalue weighted by atomic mass is 10.2. The van der Waals surface area contributed by atoms with Crippen molar-refractivity contribution in [3.63, 3.8) is 0 Å². The van der Waals surface area contributed by atoms with Gasteiger partial charge in [0.25, 0.3) is 0 Å². The Morgan fingerprint density at radius 3 is 3.00 bits per heavy atom. The molecule has 0 radical (unpaired) electrons. The Bertz CT molecular complexity index is 292. The first-order valence-electron chi connectivity index (χ1n) is 4.33. The van der Waals surface area contributed by atoms with Crippen LogP contribution >= 0.6 is 27.3 Å². The Morgan fingerprint density at radius 1 is 1.71 bits per heavy atom. The quantitative estimate of drug-likeness (QED) is 0.702. The van der Waals surface area contributed by atoms with Crippen LogP contribution in [0.25, 0.3) is 0 Å². The summed E-state index contributed by atoms with van der Waals surface area (Å²) in [7, 11) is 0. The molecule has 0 aliphatic carbocycles. The van der Waals surface area contributed by atoms with Crippen LogP contribution < -0.4 is 0 Å². The van der Waals surface area contributed by atoms with Crippen molar-refractivity contribution in [3.05, 3.63) is 46.1 Å². The summed E-state index contributed by atoms with van der Waals surface area (Å²) in [5.41, 5.74) is 0. The van der Waals surface area contributed by atoms with E-state index in [4.69, 9.17) is 4.74 Å². The monoisotopic (exact) mass is 272 g/mol. The second kappa shape index (κ2) is 6.17. The van der Waals surface area contributed by atoms with Crippen LogP contribution in [-0.2, 0) is 4.74 Å². The van der Waals surface area contributed by atoms with E-state index in [0.717, 1.165) is 10.9 Å². The lowest BCUT2D eigenvalue weighted by molar-refractivity contribution is 0.0781. The summed E-state index contributed by atoms with van der Waals surface area (Å²) in [5, 5.41) is 2.05. The minimum absolute atomic E-state index is 0.113. The van der Waals surface area contributed by atoms with E-state index >= 15 is 0 Å². The molecule has 0 aromatic carbocycles. The van der Waals surface area contributed by atoms with Crippen molar-refractivity contribution in [1.29, 1.82) is 0 Å². The van der Waals surface area contributed by atoms with Gasteiger partial charge in [-0.05, 0) is 17.9 Å². The third-order valence-corrected chi connectivity index (χ3v) is 2.88. The molecule has 0 amide bonds. The Balaban J connectivity index is 2.55. The molecular formula is C11H13BrOS. The van der Waals surface area contributed by atoms with Crippen LogP contribution in [0.1, 0.15) is 17.4 Å². The Hall–Kier alpha value is -0.380. The van der Waals surface area contributed by atoms with Crippen molar-refractivity contribution in [2.45, 2.75) is 12.5 Å². The molecule has 0 fully saturated rings. The molecule has 76 valence electrons. The first-order chi connectivity index (χ1) is 6.74. The molecule has 0 aliphatic rings. The molecule has 1 nitrogen and oxygen atoms in total. The molecule has 1 aromatic rings. The van der Waals surface area contributed by atoms with Gasteiger partial charge in [0, 0.05) is 9.36 Å². The minimum Gasteiger partial charge on any atom is -0.367 e. The molecule has 0 aliphatic heterocycles. The SMILES string of the molecule is C=CCC(OCC(=C)Br)c1cccs1. The number of ether oxygens (including phenoxy) is 1. The van der Waals surface area contributed by atoms with E-state index < -0.39 is 0 Å². The third-order valence-electron chi connectivity index (χ3n) is 1.68. The number of rotatable bonds is 6. The van der Waals surface area contributed by atoms with Crippen LogP contribution in [0, 0.1) is 0 Å². The fourth-order valence-electron chi connectivity index (χ4n) is 1.08. The van der Waals surface area contributed by atoms with Crippen molar-refractivity contribution in [1.82, 2.24) is 0 Å². The molecule has 1 heterocycles. The highest BCUT2D eigenvalue weighted by atomic mass is 79.9. The highest BCUT2D eigenvalue weighted by Crippen LogP contribution is 2.26. The van der Waals surface area contributed by atoms with E-state index in [1.165, 1.54) is 4.88 Å². The maximum absolute atomic E-state index is 5.68. The van der Waals surface area contributed by atoms with Gasteiger partial charge < -0.3 is 4.74 Å². The second-order valence-electron chi connectivity index (χ2n) is 2.86. The van der Waals surface area contributed by atoms with Gasteiger partial charge in [0.1, 0.15) is 0 Å². The molecule has 1 aromatic heterocycles. The van der Waals surface area contributed by atoms with Crippen molar-refractivity contribution in [3.8, 4) is 0 Å². The van der Waals surface area contributed by atoms with E-state index in [1.807, 2.05) is 12.1 Å². The van der Waals surface area contributed by atoms with E-state index in [-0.39, 0.29) is 6.10 Å². The smallest absolute Gasteiger partial charge is 0.0955 e. The van der Waals surface area contributed by atoms with Crippen LogP contribution in [0.15, 0.2) is 41.2 Å². The summed E-state index contributed by atoms with van der Waals surface area (Å²) in [6.07, 6.45) is 2.82. The molecule has 0 saturated carbocycles. The Kier molecular flexibility index (Phi) is 5.15. The lowest BCUT2D eigenvalue weighted by Crippen LogP contribution is -2.02. The Labute approximate surface area is 97.2 Å². The molecule has 14 heavy (non-hydrogen) atoms. The highest BCUT2D eigenvalue weighted by Gasteiger charge is 2.11. The maximum atomic E-state index is 5.68. The van der Waals surface area contributed by atoms with Crippen molar-refractivity contribution >= 4 is 27.3 Å². The standard InChI is InChI=1S/C11H13BrOS/c1-3-5-10(13-8-9(2)12)11-6-4-7-14-11/h3-4,6-7,10H,1-2,5,8H2. The molecule has 0 N–H and O–H groups in total. The van der Waals surface area contributed by atoms with Crippen molar-refractivity contribution in [2.24, 2.45) is 0 Å². The number of halogens is 1. The van der Waals surface area contributed by atoms with Gasteiger partial charge in [-0.25, -0.2) is 0 Å². The summed E-state index contributed by atoms with van der Waals surface area (Å²) in [5.74, 6) is 0. The predicted octanol–water partition coefficient (Wildman–Crippen LogP) is 4.29. The molecular weight excluding hydrogens is 260 g/mol. The summed E-state index contributed by atoms with van der Waals surface area (Å²) >= 11 is 4.98. The lowest BCUT2D eigenvalue weighted by Gasteiger charge is -2.14. The molecule has 1 atom stereocenters. The van der Waals surface area contributed by atoms with Gasteiger partial charge in [0.15, 0.2) is 0 Å². The predicted molar refractivity (Wildman–Crippen MR) is 65.9 cm³/mol. The van der Waals surface area contributed by atoms with Gasteiger partial charge in [-0.15, -0.1) is 17.9 Å². The number of thiophene rings is 1. The molecule has 3 heteroatoms. The summed E-state index contributed by atoms with van der Waals surface area (Å²) < 4.78 is 6.55. The molecule has 1 unspecified atom stereocenters. The molecule has 0 spiro atoms. The fourth-order valence-corrected chi connectivity index (χ4v) is 2.00. The summed E-state index contributed by atoms with van der Waals surface area (Å²) in [4.78, 5) is 1.23. The summed E-state index contributed by atoms with van der Waals surface area (Å²) in [6.45, 7) is 8.00. The average Bonchev–Trinajstić information content (AvgIpc) is 2.64. The van der Waals surface area contributed by atoms with Crippen LogP contribution in [0.2, 0.25) is 0 Å². The normalized spacial score (nSPS) is 12.4. The third kappa shape index (κ3) is 3.78. The van der Waals surface area contributed by atoms with Gasteiger partial charge in [0.2, 0.25) is 0 Å². The van der Waals surface area contributed by atoms with Crippen LogP contribution in [0.4, 0.5) is 0 Å². The van der Waals surface area contributed by atoms with E-state index in [9.17, 15) is 0 Å². The first-order valence-corrected chi connectivity index (χ1v) is 6.00. The van der Waals surface area contributed by atoms with Gasteiger partial charge in [-0.1, -0.05) is 34.7 Å². The molecule has 0 saturated heterocycles. The maximum Gasteiger partial charge on any atom is 0.0955 e. The molecule has 1 rings (SSSR count).